The van der Waals surface area contributed by atoms with E-state index in [2.05, 4.69) is 10.3 Å². The second kappa shape index (κ2) is 6.61. The molecule has 0 amide bonds. The summed E-state index contributed by atoms with van der Waals surface area (Å²) in [6.45, 7) is 5.55. The number of aromatic nitrogens is 1. The molecule has 1 fully saturated rings. The molecule has 3 N–H and O–H groups in total. The lowest BCUT2D eigenvalue weighted by Crippen LogP contribution is -2.27. The zero-order chi connectivity index (χ0) is 13.7. The zero-order valence-electron chi connectivity index (χ0n) is 11.7. The quantitative estimate of drug-likeness (QED) is 0.855. The predicted molar refractivity (Wildman–Crippen MR) is 76.5 cm³/mol. The van der Waals surface area contributed by atoms with E-state index in [1.54, 1.807) is 0 Å². The molecule has 1 saturated heterocycles. The van der Waals surface area contributed by atoms with Gasteiger partial charge in [-0.3, -0.25) is 0 Å². The minimum absolute atomic E-state index is 0.0618. The topological polar surface area (TPSA) is 69.4 Å². The number of rotatable bonds is 5. The first kappa shape index (κ1) is 13.9. The molecule has 0 radical (unpaired) electrons. The molecule has 2 heterocycles. The molecule has 1 atom stereocenters. The second-order valence-corrected chi connectivity index (χ2v) is 5.13. The van der Waals surface area contributed by atoms with Crippen LogP contribution in [0.2, 0.25) is 0 Å². The fraction of sp³-hybridized carbons (Fsp3) is 0.643. The third kappa shape index (κ3) is 4.28. The van der Waals surface area contributed by atoms with Gasteiger partial charge in [-0.1, -0.05) is 0 Å². The van der Waals surface area contributed by atoms with Crippen LogP contribution < -0.4 is 15.8 Å². The number of nitrogens with one attached hydrogen (secondary N) is 1. The van der Waals surface area contributed by atoms with Crippen LogP contribution in [0.5, 0.6) is 5.88 Å². The van der Waals surface area contributed by atoms with Crippen molar-refractivity contribution < 1.29 is 9.47 Å². The first-order valence-corrected chi connectivity index (χ1v) is 6.94. The standard InChI is InChI=1S/C14H23N3O2/c1-10(2)19-14-12(15)6-7-13(17-14)16-9-11-5-3-4-8-18-11/h6-7,10-11H,3-5,8-9,15H2,1-2H3,(H,16,17). The number of hydrogen-bond acceptors (Lipinski definition) is 5. The van der Waals surface area contributed by atoms with Gasteiger partial charge in [-0.2, -0.15) is 4.98 Å². The Morgan fingerprint density at radius 2 is 2.32 bits per heavy atom. The van der Waals surface area contributed by atoms with Crippen molar-refractivity contribution in [2.75, 3.05) is 24.2 Å². The van der Waals surface area contributed by atoms with Crippen LogP contribution in [-0.2, 0) is 4.74 Å². The molecular weight excluding hydrogens is 242 g/mol. The Bertz CT molecular complexity index is 404. The van der Waals surface area contributed by atoms with Gasteiger partial charge in [0.1, 0.15) is 5.82 Å². The molecular formula is C14H23N3O2. The minimum atomic E-state index is 0.0618. The molecule has 5 nitrogen and oxygen atoms in total. The number of pyridine rings is 1. The maximum atomic E-state index is 5.84. The van der Waals surface area contributed by atoms with Crippen molar-refractivity contribution in [1.29, 1.82) is 0 Å². The van der Waals surface area contributed by atoms with Gasteiger partial charge in [0, 0.05) is 13.2 Å². The Morgan fingerprint density at radius 3 is 3.00 bits per heavy atom. The molecule has 19 heavy (non-hydrogen) atoms. The molecule has 1 aliphatic rings. The largest absolute Gasteiger partial charge is 0.473 e. The van der Waals surface area contributed by atoms with Crippen LogP contribution in [0.1, 0.15) is 33.1 Å². The van der Waals surface area contributed by atoms with Crippen LogP contribution in [0.25, 0.3) is 0 Å². The van der Waals surface area contributed by atoms with Crippen molar-refractivity contribution in [2.45, 2.75) is 45.3 Å². The third-order valence-electron chi connectivity index (χ3n) is 3.02. The van der Waals surface area contributed by atoms with E-state index in [-0.39, 0.29) is 12.2 Å². The Balaban J connectivity index is 1.92. The lowest BCUT2D eigenvalue weighted by Gasteiger charge is -2.23. The van der Waals surface area contributed by atoms with Crippen molar-refractivity contribution in [3.63, 3.8) is 0 Å². The highest BCUT2D eigenvalue weighted by Crippen LogP contribution is 2.22. The van der Waals surface area contributed by atoms with Crippen LogP contribution in [0, 0.1) is 0 Å². The monoisotopic (exact) mass is 265 g/mol. The number of ether oxygens (including phenoxy) is 2. The van der Waals surface area contributed by atoms with Crippen LogP contribution in [0.3, 0.4) is 0 Å². The fourth-order valence-corrected chi connectivity index (χ4v) is 2.05. The Hall–Kier alpha value is -1.49. The molecule has 1 aliphatic heterocycles. The highest BCUT2D eigenvalue weighted by Gasteiger charge is 2.14. The van der Waals surface area contributed by atoms with Crippen LogP contribution in [0.4, 0.5) is 11.5 Å². The summed E-state index contributed by atoms with van der Waals surface area (Å²) in [5, 5.41) is 3.28. The van der Waals surface area contributed by atoms with Crippen LogP contribution in [-0.4, -0.2) is 30.3 Å². The summed E-state index contributed by atoms with van der Waals surface area (Å²) in [5.41, 5.74) is 6.40. The maximum Gasteiger partial charge on any atom is 0.239 e. The summed E-state index contributed by atoms with van der Waals surface area (Å²) in [5.74, 6) is 1.27. The molecule has 0 saturated carbocycles. The van der Waals surface area contributed by atoms with Gasteiger partial charge in [0.05, 0.1) is 17.9 Å². The lowest BCUT2D eigenvalue weighted by molar-refractivity contribution is 0.0247. The number of anilines is 2. The summed E-state index contributed by atoms with van der Waals surface area (Å²) < 4.78 is 11.2. The molecule has 5 heteroatoms. The van der Waals surface area contributed by atoms with E-state index in [9.17, 15) is 0 Å². The summed E-state index contributed by atoms with van der Waals surface area (Å²) in [4.78, 5) is 4.38. The number of nitrogen functional groups attached to an aromatic ring is 1. The van der Waals surface area contributed by atoms with Crippen molar-refractivity contribution in [3.8, 4) is 5.88 Å². The highest BCUT2D eigenvalue weighted by molar-refractivity contribution is 5.53. The summed E-state index contributed by atoms with van der Waals surface area (Å²) in [6.07, 6.45) is 3.86. The average Bonchev–Trinajstić information content (AvgIpc) is 2.40. The smallest absolute Gasteiger partial charge is 0.239 e. The van der Waals surface area contributed by atoms with Gasteiger partial charge in [-0.15, -0.1) is 0 Å². The van der Waals surface area contributed by atoms with Gasteiger partial charge in [-0.25, -0.2) is 0 Å². The molecule has 2 rings (SSSR count). The van der Waals surface area contributed by atoms with Gasteiger partial charge in [-0.05, 0) is 45.2 Å². The van der Waals surface area contributed by atoms with E-state index in [0.717, 1.165) is 25.4 Å². The lowest BCUT2D eigenvalue weighted by atomic mass is 10.1. The van der Waals surface area contributed by atoms with Gasteiger partial charge in [0.15, 0.2) is 0 Å². The molecule has 0 aliphatic carbocycles. The normalized spacial score (nSPS) is 19.4. The SMILES string of the molecule is CC(C)Oc1nc(NCC2CCCCO2)ccc1N. The number of nitrogens with two attached hydrogens (primary N) is 1. The van der Waals surface area contributed by atoms with E-state index >= 15 is 0 Å². The fourth-order valence-electron chi connectivity index (χ4n) is 2.05. The van der Waals surface area contributed by atoms with Crippen LogP contribution >= 0.6 is 0 Å². The Kier molecular flexibility index (Phi) is 4.85. The summed E-state index contributed by atoms with van der Waals surface area (Å²) in [6, 6.07) is 3.68. The maximum absolute atomic E-state index is 5.84. The van der Waals surface area contributed by atoms with Crippen molar-refractivity contribution >= 4 is 11.5 Å². The first-order chi connectivity index (χ1) is 9.15. The predicted octanol–water partition coefficient (Wildman–Crippen LogP) is 2.43. The van der Waals surface area contributed by atoms with Gasteiger partial charge in [0.25, 0.3) is 0 Å². The molecule has 0 aromatic carbocycles. The zero-order valence-corrected chi connectivity index (χ0v) is 11.7. The van der Waals surface area contributed by atoms with E-state index < -0.39 is 0 Å². The molecule has 0 spiro atoms. The number of nitrogens with zero attached hydrogens (tertiary/aromatic N) is 1. The molecule has 106 valence electrons. The van der Waals surface area contributed by atoms with E-state index in [1.165, 1.54) is 12.8 Å². The van der Waals surface area contributed by atoms with Crippen LogP contribution in [0.15, 0.2) is 12.1 Å². The second-order valence-electron chi connectivity index (χ2n) is 5.13. The Morgan fingerprint density at radius 1 is 1.47 bits per heavy atom. The summed E-state index contributed by atoms with van der Waals surface area (Å²) in [7, 11) is 0. The van der Waals surface area contributed by atoms with Crippen molar-refractivity contribution in [1.82, 2.24) is 4.98 Å². The molecule has 1 aromatic rings. The highest BCUT2D eigenvalue weighted by atomic mass is 16.5. The van der Waals surface area contributed by atoms with Gasteiger partial charge >= 0.3 is 0 Å². The minimum Gasteiger partial charge on any atom is -0.473 e. The average molecular weight is 265 g/mol. The Labute approximate surface area is 114 Å². The van der Waals surface area contributed by atoms with E-state index in [4.69, 9.17) is 15.2 Å². The number of hydrogen-bond donors (Lipinski definition) is 2. The van der Waals surface area contributed by atoms with Crippen molar-refractivity contribution in [3.05, 3.63) is 12.1 Å². The molecule has 1 unspecified atom stereocenters. The van der Waals surface area contributed by atoms with Gasteiger partial charge < -0.3 is 20.5 Å². The molecule has 0 bridgehead atoms. The first-order valence-electron chi connectivity index (χ1n) is 6.94. The van der Waals surface area contributed by atoms with E-state index in [1.807, 2.05) is 26.0 Å². The van der Waals surface area contributed by atoms with E-state index in [0.29, 0.717) is 11.6 Å². The molecule has 1 aromatic heterocycles. The third-order valence-corrected chi connectivity index (χ3v) is 3.02. The van der Waals surface area contributed by atoms with Crippen molar-refractivity contribution in [2.24, 2.45) is 0 Å². The van der Waals surface area contributed by atoms with Gasteiger partial charge in [0.2, 0.25) is 5.88 Å². The summed E-state index contributed by atoms with van der Waals surface area (Å²) >= 11 is 0.